The predicted octanol–water partition coefficient (Wildman–Crippen LogP) is -1.98. The third kappa shape index (κ3) is 22.1. The Bertz CT molecular complexity index is 2000. The summed E-state index contributed by atoms with van der Waals surface area (Å²) in [7, 11) is 7.67. The Morgan fingerprint density at radius 1 is 0.524 bits per heavy atom. The van der Waals surface area contributed by atoms with Crippen LogP contribution >= 0.6 is 43.2 Å². The number of rotatable bonds is 32. The minimum atomic E-state index is -1.81. The molecule has 2 aromatic carbocycles. The lowest BCUT2D eigenvalue weighted by Crippen LogP contribution is -2.61. The van der Waals surface area contributed by atoms with E-state index in [1.165, 1.54) is 24.3 Å². The van der Waals surface area contributed by atoms with Gasteiger partial charge in [-0.2, -0.15) is 0 Å². The Kier molecular flexibility index (Phi) is 31.4. The maximum Gasteiger partial charge on any atom is 0.224 e. The molecule has 82 heavy (non-hydrogen) atoms. The van der Waals surface area contributed by atoms with Gasteiger partial charge in [0.2, 0.25) is 11.8 Å². The molecule has 2 amide bonds. The highest BCUT2D eigenvalue weighted by atomic mass is 33.1. The summed E-state index contributed by atoms with van der Waals surface area (Å²) in [5.74, 6) is 2.18. The Hall–Kier alpha value is -2.42. The molecule has 26 nitrogen and oxygen atoms in total. The van der Waals surface area contributed by atoms with Crippen molar-refractivity contribution in [1.29, 1.82) is 0 Å². The second kappa shape index (κ2) is 36.7. The molecule has 4 heterocycles. The van der Waals surface area contributed by atoms with Gasteiger partial charge < -0.3 is 122 Å². The van der Waals surface area contributed by atoms with Gasteiger partial charge in [-0.3, -0.25) is 9.59 Å². The molecule has 0 saturated carbocycles. The lowest BCUT2D eigenvalue weighted by atomic mass is 9.98. The van der Waals surface area contributed by atoms with Gasteiger partial charge in [-0.25, -0.2) is 0 Å². The summed E-state index contributed by atoms with van der Waals surface area (Å²) in [6.45, 7) is -3.65. The lowest BCUT2D eigenvalue weighted by Gasteiger charge is -2.42. The third-order valence-corrected chi connectivity index (χ3v) is 20.0. The number of benzene rings is 2. The first kappa shape index (κ1) is 70.3. The average Bonchev–Trinajstić information content (AvgIpc) is 4.34. The topological polar surface area (TPSA) is 443 Å². The molecule has 20 atom stereocenters. The Morgan fingerprint density at radius 2 is 0.902 bits per heavy atom. The molecule has 0 aliphatic carbocycles. The molecule has 30 heteroatoms. The first-order valence-electron chi connectivity index (χ1n) is 27.3. The highest BCUT2D eigenvalue weighted by Crippen LogP contribution is 2.41. The van der Waals surface area contributed by atoms with E-state index in [9.17, 15) is 91.3 Å². The molecule has 2 aromatic rings. The minimum absolute atomic E-state index is 0.0998. The van der Waals surface area contributed by atoms with Crippen molar-refractivity contribution >= 4 is 77.7 Å². The summed E-state index contributed by atoms with van der Waals surface area (Å²) in [6, 6.07) is 13.6. The fourth-order valence-electron chi connectivity index (χ4n) is 9.10. The number of ether oxygens (including phenoxy) is 4. The second-order valence-electron chi connectivity index (χ2n) is 20.4. The van der Waals surface area contributed by atoms with Gasteiger partial charge in [0.25, 0.3) is 0 Å². The number of unbranched alkanes of at least 4 members (excludes halogenated alkanes) is 2. The van der Waals surface area contributed by atoms with Gasteiger partial charge in [0.1, 0.15) is 85.5 Å². The zero-order chi connectivity index (χ0) is 59.9. The van der Waals surface area contributed by atoms with Gasteiger partial charge in [0.05, 0.1) is 38.6 Å². The van der Waals surface area contributed by atoms with Crippen molar-refractivity contribution in [2.24, 2.45) is 0 Å². The van der Waals surface area contributed by atoms with Crippen LogP contribution in [-0.2, 0) is 28.5 Å². The molecule has 468 valence electrons. The van der Waals surface area contributed by atoms with Crippen molar-refractivity contribution in [1.82, 2.24) is 0 Å². The van der Waals surface area contributed by atoms with Crippen LogP contribution in [0.25, 0.3) is 0 Å². The summed E-state index contributed by atoms with van der Waals surface area (Å²) in [5.41, 5.74) is 2.16. The molecule has 20 N–H and O–H groups in total. The van der Waals surface area contributed by atoms with Crippen LogP contribution in [-0.4, -0.2) is 265 Å². The van der Waals surface area contributed by atoms with Crippen molar-refractivity contribution in [3.8, 4) is 0 Å². The molecule has 20 unspecified atom stereocenters. The molecule has 0 spiro atoms. The zero-order valence-electron chi connectivity index (χ0n) is 45.1. The van der Waals surface area contributed by atoms with E-state index in [0.29, 0.717) is 46.1 Å². The lowest BCUT2D eigenvalue weighted by molar-refractivity contribution is -0.326. The number of hydrogen-bond donors (Lipinski definition) is 20. The Labute approximate surface area is 491 Å². The van der Waals surface area contributed by atoms with Crippen molar-refractivity contribution in [2.45, 2.75) is 185 Å². The van der Waals surface area contributed by atoms with Crippen LogP contribution in [0.2, 0.25) is 0 Å². The normalized spacial score (nSPS) is 29.5. The van der Waals surface area contributed by atoms with Gasteiger partial charge >= 0.3 is 0 Å². The maximum absolute atomic E-state index is 12.4. The van der Waals surface area contributed by atoms with Crippen LogP contribution in [0.3, 0.4) is 0 Å². The van der Waals surface area contributed by atoms with Crippen LogP contribution in [0.15, 0.2) is 48.5 Å². The van der Waals surface area contributed by atoms with Crippen LogP contribution in [0.1, 0.15) is 64.2 Å². The van der Waals surface area contributed by atoms with E-state index in [1.54, 1.807) is 48.5 Å². The highest BCUT2D eigenvalue weighted by Gasteiger charge is 2.48. The SMILES string of the molecule is O=C(CCCCC1CCSS1)Nc1cccc(NCC(O)C(O)C(OC2OC(CO)C(O)C(O)C2O)C(O)CO)c1.O=C(CCCCC1CCSS1)Nc1cccc(NCC(O)C(O)C(OC2OC(CO)C(O)C(O)C2O)C(O)CO)c1. The molecule has 4 fully saturated rings. The first-order valence-corrected chi connectivity index (χ1v) is 32.1. The standard InChI is InChI=1S/2C26H42N2O11S2/c2*29-12-18(32)25(39-26-24(37)23(36)22(35)19(13-30)38-26)21(34)17(31)11-27-14-4-3-5-15(10-14)28-20(33)7-2-1-6-16-8-9-40-41-16/h2*3-5,10,16-19,21-27,29-32,34-37H,1-2,6-9,11-13H2,(H,28,33). The summed E-state index contributed by atoms with van der Waals surface area (Å²) in [5, 5.41) is 174. The second-order valence-corrected chi connectivity index (χ2v) is 26.0. The monoisotopic (exact) mass is 1240 g/mol. The number of anilines is 4. The molecule has 6 rings (SSSR count). The fraction of sp³-hybridized carbons (Fsp3) is 0.731. The van der Waals surface area contributed by atoms with Gasteiger partial charge in [0.15, 0.2) is 12.6 Å². The van der Waals surface area contributed by atoms with Crippen molar-refractivity contribution in [3.63, 3.8) is 0 Å². The van der Waals surface area contributed by atoms with E-state index >= 15 is 0 Å². The number of aliphatic hydroxyl groups is 16. The Morgan fingerprint density at radius 3 is 1.24 bits per heavy atom. The van der Waals surface area contributed by atoms with E-state index in [4.69, 9.17) is 18.9 Å². The van der Waals surface area contributed by atoms with E-state index in [0.717, 1.165) is 38.5 Å². The third-order valence-electron chi connectivity index (χ3n) is 14.0. The summed E-state index contributed by atoms with van der Waals surface area (Å²) in [4.78, 5) is 24.7. The van der Waals surface area contributed by atoms with Crippen molar-refractivity contribution in [2.75, 3.05) is 72.3 Å². The van der Waals surface area contributed by atoms with E-state index in [1.807, 2.05) is 43.2 Å². The van der Waals surface area contributed by atoms with E-state index < -0.39 is 137 Å². The maximum atomic E-state index is 12.4. The number of carbonyl (C=O) groups is 2. The average molecular weight is 1250 g/mol. The molecule has 4 saturated heterocycles. The van der Waals surface area contributed by atoms with E-state index in [2.05, 4.69) is 21.3 Å². The van der Waals surface area contributed by atoms with Crippen LogP contribution < -0.4 is 21.3 Å². The van der Waals surface area contributed by atoms with Gasteiger partial charge in [-0.15, -0.1) is 0 Å². The van der Waals surface area contributed by atoms with Crippen molar-refractivity contribution in [3.05, 3.63) is 48.5 Å². The minimum Gasteiger partial charge on any atom is -0.394 e. The summed E-state index contributed by atoms with van der Waals surface area (Å²) in [6.07, 6.45) is -20.8. The van der Waals surface area contributed by atoms with Crippen LogP contribution in [0.4, 0.5) is 22.7 Å². The molecular weight excluding hydrogens is 1160 g/mol. The zero-order valence-corrected chi connectivity index (χ0v) is 48.4. The number of nitrogens with one attached hydrogen (secondary N) is 4. The van der Waals surface area contributed by atoms with E-state index in [-0.39, 0.29) is 24.9 Å². The van der Waals surface area contributed by atoms with Crippen LogP contribution in [0, 0.1) is 0 Å². The first-order chi connectivity index (χ1) is 39.3. The number of hydrogen-bond acceptors (Lipinski definition) is 28. The molecule has 0 radical (unpaired) electrons. The van der Waals surface area contributed by atoms with Crippen molar-refractivity contribution < 1.29 is 110 Å². The highest BCUT2D eigenvalue weighted by molar-refractivity contribution is 8.77. The van der Waals surface area contributed by atoms with Crippen LogP contribution in [0.5, 0.6) is 0 Å². The fourth-order valence-corrected chi connectivity index (χ4v) is 15.2. The summed E-state index contributed by atoms with van der Waals surface area (Å²) < 4.78 is 21.3. The molecule has 4 aliphatic rings. The largest absolute Gasteiger partial charge is 0.394 e. The van der Waals surface area contributed by atoms with Gasteiger partial charge in [0, 0.05) is 70.7 Å². The smallest absolute Gasteiger partial charge is 0.224 e. The Balaban J connectivity index is 0.000000301. The predicted molar refractivity (Wildman–Crippen MR) is 308 cm³/mol. The summed E-state index contributed by atoms with van der Waals surface area (Å²) >= 11 is 0. The number of amides is 2. The molecular formula is C52H84N4O22S4. The van der Waals surface area contributed by atoms with Gasteiger partial charge in [-0.1, -0.05) is 68.1 Å². The van der Waals surface area contributed by atoms with Gasteiger partial charge in [-0.05, 0) is 74.9 Å². The number of aliphatic hydroxyl groups excluding tert-OH is 16. The quantitative estimate of drug-likeness (QED) is 0.0279. The molecule has 0 aromatic heterocycles. The molecule has 0 bridgehead atoms. The number of carbonyl (C=O) groups excluding carboxylic acids is 2. The molecule has 4 aliphatic heterocycles.